The van der Waals surface area contributed by atoms with Gasteiger partial charge in [-0.2, -0.15) is 0 Å². The monoisotopic (exact) mass is 304 g/mol. The highest BCUT2D eigenvalue weighted by molar-refractivity contribution is 5.92. The molecule has 1 saturated carbocycles. The maximum Gasteiger partial charge on any atom is 0.320 e. The molecule has 5 nitrogen and oxygen atoms in total. The van der Waals surface area contributed by atoms with Crippen LogP contribution in [0.2, 0.25) is 0 Å². The summed E-state index contributed by atoms with van der Waals surface area (Å²) in [4.78, 5) is 25.1. The van der Waals surface area contributed by atoms with Crippen LogP contribution in [0.5, 0.6) is 0 Å². The van der Waals surface area contributed by atoms with Gasteiger partial charge in [-0.25, -0.2) is 0 Å². The van der Waals surface area contributed by atoms with Crippen molar-refractivity contribution in [1.29, 1.82) is 0 Å². The van der Waals surface area contributed by atoms with E-state index in [1.54, 1.807) is 11.8 Å². The number of carboxylic acid groups (broad SMARTS) is 1. The number of benzene rings is 1. The summed E-state index contributed by atoms with van der Waals surface area (Å²) in [6, 6.07) is 7.35. The fourth-order valence-corrected chi connectivity index (χ4v) is 2.47. The zero-order valence-electron chi connectivity index (χ0n) is 13.4. The zero-order chi connectivity index (χ0) is 16.3. The number of carbonyl (C=O) groups excluding carboxylic acids is 1. The van der Waals surface area contributed by atoms with E-state index in [0.717, 1.165) is 24.1 Å². The number of carboxylic acids is 1. The van der Waals surface area contributed by atoms with E-state index in [1.807, 2.05) is 24.3 Å². The Morgan fingerprint density at radius 1 is 1.32 bits per heavy atom. The highest BCUT2D eigenvalue weighted by atomic mass is 16.4. The lowest BCUT2D eigenvalue weighted by Gasteiger charge is -2.25. The van der Waals surface area contributed by atoms with Crippen LogP contribution in [-0.2, 0) is 9.59 Å². The smallest absolute Gasteiger partial charge is 0.320 e. The third-order valence-electron chi connectivity index (χ3n) is 4.03. The summed E-state index contributed by atoms with van der Waals surface area (Å²) in [6.07, 6.45) is 1.93. The summed E-state index contributed by atoms with van der Waals surface area (Å²) in [5, 5.41) is 12.0. The Labute approximate surface area is 131 Å². The van der Waals surface area contributed by atoms with Gasteiger partial charge in [-0.15, -0.1) is 0 Å². The summed E-state index contributed by atoms with van der Waals surface area (Å²) in [5.41, 5.74) is 1.92. The molecular weight excluding hydrogens is 280 g/mol. The first-order valence-electron chi connectivity index (χ1n) is 7.77. The molecule has 1 unspecified atom stereocenters. The van der Waals surface area contributed by atoms with Crippen LogP contribution in [0.1, 0.15) is 45.1 Å². The molecular formula is C17H24N2O3. The third-order valence-corrected chi connectivity index (χ3v) is 4.03. The van der Waals surface area contributed by atoms with E-state index in [-0.39, 0.29) is 18.5 Å². The number of aliphatic carboxylic acids is 1. The topological polar surface area (TPSA) is 69.6 Å². The van der Waals surface area contributed by atoms with Gasteiger partial charge in [-0.3, -0.25) is 14.5 Å². The first-order chi connectivity index (χ1) is 10.4. The Morgan fingerprint density at radius 2 is 2.00 bits per heavy atom. The molecule has 1 aliphatic carbocycles. The van der Waals surface area contributed by atoms with Crippen molar-refractivity contribution in [3.8, 4) is 0 Å². The molecule has 1 atom stereocenters. The molecule has 1 aromatic carbocycles. The maximum atomic E-state index is 12.2. The van der Waals surface area contributed by atoms with Gasteiger partial charge in [0.2, 0.25) is 5.91 Å². The van der Waals surface area contributed by atoms with Gasteiger partial charge in [0.1, 0.15) is 6.04 Å². The Kier molecular flexibility index (Phi) is 5.19. The van der Waals surface area contributed by atoms with Crippen LogP contribution in [0.15, 0.2) is 24.3 Å². The number of hydrogen-bond acceptors (Lipinski definition) is 3. The van der Waals surface area contributed by atoms with E-state index in [0.29, 0.717) is 5.92 Å². The second kappa shape index (κ2) is 6.92. The summed E-state index contributed by atoms with van der Waals surface area (Å²) >= 11 is 0. The fraction of sp³-hybridized carbons (Fsp3) is 0.529. The normalized spacial score (nSPS) is 15.9. The van der Waals surface area contributed by atoms with Gasteiger partial charge in [0, 0.05) is 11.7 Å². The molecule has 2 rings (SSSR count). The number of rotatable bonds is 7. The largest absolute Gasteiger partial charge is 0.480 e. The molecule has 0 aromatic heterocycles. The molecule has 0 heterocycles. The molecule has 0 spiro atoms. The average Bonchev–Trinajstić information content (AvgIpc) is 3.28. The second-order valence-electron chi connectivity index (χ2n) is 6.25. The molecule has 1 aliphatic rings. The van der Waals surface area contributed by atoms with E-state index in [2.05, 4.69) is 19.2 Å². The maximum absolute atomic E-state index is 12.2. The number of nitrogens with one attached hydrogen (secondary N) is 1. The van der Waals surface area contributed by atoms with Gasteiger partial charge in [0.05, 0.1) is 6.54 Å². The van der Waals surface area contributed by atoms with E-state index in [9.17, 15) is 9.59 Å². The number of nitrogens with zero attached hydrogens (tertiary/aromatic N) is 1. The molecule has 5 heteroatoms. The van der Waals surface area contributed by atoms with Crippen molar-refractivity contribution in [1.82, 2.24) is 4.90 Å². The second-order valence-corrected chi connectivity index (χ2v) is 6.25. The summed E-state index contributed by atoms with van der Waals surface area (Å²) in [7, 11) is 0. The van der Waals surface area contributed by atoms with Gasteiger partial charge in [-0.1, -0.05) is 26.0 Å². The number of amides is 1. The van der Waals surface area contributed by atoms with Crippen molar-refractivity contribution < 1.29 is 14.7 Å². The number of hydrogen-bond donors (Lipinski definition) is 2. The third kappa shape index (κ3) is 4.31. The number of carbonyl (C=O) groups is 2. The van der Waals surface area contributed by atoms with Crippen LogP contribution in [-0.4, -0.2) is 40.5 Å². The van der Waals surface area contributed by atoms with Crippen LogP contribution < -0.4 is 5.32 Å². The van der Waals surface area contributed by atoms with Crippen LogP contribution >= 0.6 is 0 Å². The molecule has 22 heavy (non-hydrogen) atoms. The lowest BCUT2D eigenvalue weighted by Crippen LogP contribution is -2.44. The highest BCUT2D eigenvalue weighted by Gasteiger charge is 2.36. The zero-order valence-corrected chi connectivity index (χ0v) is 13.4. The van der Waals surface area contributed by atoms with Crippen molar-refractivity contribution in [3.05, 3.63) is 29.8 Å². The van der Waals surface area contributed by atoms with E-state index < -0.39 is 12.0 Å². The molecule has 1 aromatic rings. The minimum Gasteiger partial charge on any atom is -0.480 e. The first-order valence-corrected chi connectivity index (χ1v) is 7.77. The van der Waals surface area contributed by atoms with E-state index >= 15 is 0 Å². The van der Waals surface area contributed by atoms with Gasteiger partial charge < -0.3 is 10.4 Å². The lowest BCUT2D eigenvalue weighted by molar-refractivity contribution is -0.143. The van der Waals surface area contributed by atoms with Gasteiger partial charge >= 0.3 is 5.97 Å². The molecule has 120 valence electrons. The Hall–Kier alpha value is -1.88. The van der Waals surface area contributed by atoms with Crippen LogP contribution in [0.4, 0.5) is 5.69 Å². The van der Waals surface area contributed by atoms with Gasteiger partial charge in [0.15, 0.2) is 0 Å². The Morgan fingerprint density at radius 3 is 2.55 bits per heavy atom. The first kappa shape index (κ1) is 16.5. The number of anilines is 1. The highest BCUT2D eigenvalue weighted by Crippen LogP contribution is 2.28. The molecule has 0 saturated heterocycles. The van der Waals surface area contributed by atoms with Crippen molar-refractivity contribution in [2.24, 2.45) is 0 Å². The van der Waals surface area contributed by atoms with E-state index in [4.69, 9.17) is 5.11 Å². The molecule has 2 N–H and O–H groups in total. The van der Waals surface area contributed by atoms with Gasteiger partial charge in [0.25, 0.3) is 0 Å². The predicted molar refractivity (Wildman–Crippen MR) is 86.0 cm³/mol. The minimum absolute atomic E-state index is 0.115. The molecule has 1 fully saturated rings. The van der Waals surface area contributed by atoms with Crippen molar-refractivity contribution in [2.45, 2.75) is 51.6 Å². The van der Waals surface area contributed by atoms with Crippen LogP contribution in [0.3, 0.4) is 0 Å². The molecule has 0 aliphatic heterocycles. The van der Waals surface area contributed by atoms with Crippen molar-refractivity contribution >= 4 is 17.6 Å². The van der Waals surface area contributed by atoms with Crippen molar-refractivity contribution in [2.75, 3.05) is 11.9 Å². The quantitative estimate of drug-likeness (QED) is 0.812. The lowest BCUT2D eigenvalue weighted by atomic mass is 10.0. The van der Waals surface area contributed by atoms with Gasteiger partial charge in [-0.05, 0) is 43.4 Å². The molecule has 1 amide bonds. The summed E-state index contributed by atoms with van der Waals surface area (Å²) in [5.74, 6) is -0.658. The van der Waals surface area contributed by atoms with Crippen LogP contribution in [0, 0.1) is 0 Å². The predicted octanol–water partition coefficient (Wildman–Crippen LogP) is 2.69. The van der Waals surface area contributed by atoms with E-state index in [1.165, 1.54) is 0 Å². The average molecular weight is 304 g/mol. The minimum atomic E-state index is -0.887. The molecule has 0 bridgehead atoms. The summed E-state index contributed by atoms with van der Waals surface area (Å²) < 4.78 is 0. The Bertz CT molecular complexity index is 553. The van der Waals surface area contributed by atoms with Crippen molar-refractivity contribution in [3.63, 3.8) is 0 Å². The standard InChI is InChI=1S/C17H24N2O3/c1-11(2)13-5-4-6-14(9-13)18-16(20)10-19(15-7-8-15)12(3)17(21)22/h4-6,9,11-12,15H,7-8,10H2,1-3H3,(H,18,20)(H,21,22). The SMILES string of the molecule is CC(C)c1cccc(NC(=O)CN(C2CC2)C(C)C(=O)O)c1. The summed E-state index contributed by atoms with van der Waals surface area (Å²) in [6.45, 7) is 5.95. The molecule has 0 radical (unpaired) electrons. The Balaban J connectivity index is 1.99. The fourth-order valence-electron chi connectivity index (χ4n) is 2.47. The van der Waals surface area contributed by atoms with Crippen LogP contribution in [0.25, 0.3) is 0 Å².